The van der Waals surface area contributed by atoms with Crippen molar-refractivity contribution >= 4 is 37.3 Å². The van der Waals surface area contributed by atoms with Crippen LogP contribution in [0, 0.1) is 0 Å². The second-order valence-corrected chi connectivity index (χ2v) is 9.03. The zero-order chi connectivity index (χ0) is 19.6. The Bertz CT molecular complexity index is 1170. The SMILES string of the molecule is COc1ccc(S(=O)(=O)Nc2ccc(Cc3nc4ccccc4s3)cc2)cc1. The number of aromatic nitrogens is 1. The van der Waals surface area contributed by atoms with E-state index in [1.165, 1.54) is 23.9 Å². The largest absolute Gasteiger partial charge is 0.497 e. The van der Waals surface area contributed by atoms with Gasteiger partial charge in [0.2, 0.25) is 0 Å². The van der Waals surface area contributed by atoms with Crippen LogP contribution in [0.25, 0.3) is 10.2 Å². The summed E-state index contributed by atoms with van der Waals surface area (Å²) < 4.78 is 33.9. The third kappa shape index (κ3) is 4.00. The lowest BCUT2D eigenvalue weighted by atomic mass is 10.1. The van der Waals surface area contributed by atoms with Crippen LogP contribution in [0.2, 0.25) is 0 Å². The quantitative estimate of drug-likeness (QED) is 0.500. The van der Waals surface area contributed by atoms with Crippen molar-refractivity contribution in [2.45, 2.75) is 11.3 Å². The maximum atomic E-state index is 12.5. The Morgan fingerprint density at radius 2 is 1.68 bits per heavy atom. The lowest BCUT2D eigenvalue weighted by molar-refractivity contribution is 0.414. The fourth-order valence-corrected chi connectivity index (χ4v) is 4.89. The molecule has 4 aromatic rings. The van der Waals surface area contributed by atoms with Crippen LogP contribution < -0.4 is 9.46 Å². The summed E-state index contributed by atoms with van der Waals surface area (Å²) in [5.74, 6) is 0.609. The number of nitrogens with one attached hydrogen (secondary N) is 1. The second kappa shape index (κ2) is 7.61. The minimum atomic E-state index is -3.64. The van der Waals surface area contributed by atoms with Gasteiger partial charge >= 0.3 is 0 Å². The molecule has 0 saturated heterocycles. The molecule has 0 aliphatic heterocycles. The molecule has 142 valence electrons. The maximum absolute atomic E-state index is 12.5. The number of sulfonamides is 1. The van der Waals surface area contributed by atoms with Crippen LogP contribution in [0.1, 0.15) is 10.6 Å². The van der Waals surface area contributed by atoms with Crippen LogP contribution >= 0.6 is 11.3 Å². The highest BCUT2D eigenvalue weighted by atomic mass is 32.2. The monoisotopic (exact) mass is 410 g/mol. The van der Waals surface area contributed by atoms with E-state index in [1.807, 2.05) is 30.3 Å². The summed E-state index contributed by atoms with van der Waals surface area (Å²) in [4.78, 5) is 4.83. The van der Waals surface area contributed by atoms with E-state index in [-0.39, 0.29) is 4.90 Å². The van der Waals surface area contributed by atoms with E-state index in [2.05, 4.69) is 15.8 Å². The Hall–Kier alpha value is -2.90. The predicted molar refractivity (Wildman–Crippen MR) is 113 cm³/mol. The molecule has 0 amide bonds. The topological polar surface area (TPSA) is 68.3 Å². The molecule has 0 saturated carbocycles. The van der Waals surface area contributed by atoms with E-state index in [4.69, 9.17) is 4.74 Å². The first kappa shape index (κ1) is 18.5. The molecule has 0 aliphatic carbocycles. The highest BCUT2D eigenvalue weighted by Gasteiger charge is 2.14. The van der Waals surface area contributed by atoms with E-state index in [0.29, 0.717) is 17.9 Å². The zero-order valence-corrected chi connectivity index (χ0v) is 16.8. The Balaban J connectivity index is 1.47. The van der Waals surface area contributed by atoms with Crippen molar-refractivity contribution in [3.05, 3.63) is 83.4 Å². The van der Waals surface area contributed by atoms with Gasteiger partial charge in [0.15, 0.2) is 0 Å². The Morgan fingerprint density at radius 3 is 2.36 bits per heavy atom. The summed E-state index contributed by atoms with van der Waals surface area (Å²) in [5, 5.41) is 1.03. The fourth-order valence-electron chi connectivity index (χ4n) is 2.83. The van der Waals surface area contributed by atoms with E-state index >= 15 is 0 Å². The standard InChI is InChI=1S/C21H18N2O3S2/c1-26-17-10-12-18(13-11-17)28(24,25)23-16-8-6-15(7-9-16)14-21-22-19-4-2-3-5-20(19)27-21/h2-13,23H,14H2,1H3. The maximum Gasteiger partial charge on any atom is 0.261 e. The number of hydrogen-bond acceptors (Lipinski definition) is 5. The number of nitrogens with zero attached hydrogens (tertiary/aromatic N) is 1. The van der Waals surface area contributed by atoms with Gasteiger partial charge in [-0.15, -0.1) is 11.3 Å². The molecule has 1 aromatic heterocycles. The molecule has 0 radical (unpaired) electrons. The van der Waals surface area contributed by atoms with E-state index in [9.17, 15) is 8.42 Å². The Labute approximate surface area is 167 Å². The number of benzene rings is 3. The van der Waals surface area contributed by atoms with E-state index < -0.39 is 10.0 Å². The molecule has 0 spiro atoms. The van der Waals surface area contributed by atoms with Gasteiger partial charge < -0.3 is 4.74 Å². The molecule has 7 heteroatoms. The van der Waals surface area contributed by atoms with Gasteiger partial charge in [-0.3, -0.25) is 4.72 Å². The molecule has 0 unspecified atom stereocenters. The third-order valence-corrected chi connectivity index (χ3v) is 6.70. The number of anilines is 1. The number of hydrogen-bond donors (Lipinski definition) is 1. The van der Waals surface area contributed by atoms with Crippen molar-refractivity contribution in [2.75, 3.05) is 11.8 Å². The molecule has 28 heavy (non-hydrogen) atoms. The summed E-state index contributed by atoms with van der Waals surface area (Å²) in [5.41, 5.74) is 2.60. The molecule has 1 heterocycles. The summed E-state index contributed by atoms with van der Waals surface area (Å²) in [6, 6.07) is 21.7. The number of fused-ring (bicyclic) bond motifs is 1. The molecule has 1 N–H and O–H groups in total. The van der Waals surface area contributed by atoms with Crippen LogP contribution in [-0.4, -0.2) is 20.5 Å². The molecule has 4 rings (SSSR count). The average molecular weight is 411 g/mol. The molecular weight excluding hydrogens is 392 g/mol. The minimum absolute atomic E-state index is 0.187. The molecule has 3 aromatic carbocycles. The first-order valence-electron chi connectivity index (χ1n) is 8.64. The van der Waals surface area contributed by atoms with Gasteiger partial charge in [0.25, 0.3) is 10.0 Å². The summed E-state index contributed by atoms with van der Waals surface area (Å²) in [6.45, 7) is 0. The second-order valence-electron chi connectivity index (χ2n) is 6.23. The Kier molecular flexibility index (Phi) is 5.02. The van der Waals surface area contributed by atoms with Crippen LogP contribution in [0.4, 0.5) is 5.69 Å². The fraction of sp³-hybridized carbons (Fsp3) is 0.0952. The van der Waals surface area contributed by atoms with Crippen molar-refractivity contribution in [3.63, 3.8) is 0 Å². The molecular formula is C21H18N2O3S2. The first-order valence-corrected chi connectivity index (χ1v) is 10.9. The van der Waals surface area contributed by atoms with Gasteiger partial charge in [-0.1, -0.05) is 24.3 Å². The third-order valence-electron chi connectivity index (χ3n) is 4.27. The number of methoxy groups -OCH3 is 1. The van der Waals surface area contributed by atoms with Gasteiger partial charge in [0.1, 0.15) is 5.75 Å². The van der Waals surface area contributed by atoms with E-state index in [1.54, 1.807) is 35.6 Å². The van der Waals surface area contributed by atoms with Gasteiger partial charge in [-0.05, 0) is 54.1 Å². The number of ether oxygens (including phenoxy) is 1. The Morgan fingerprint density at radius 1 is 0.964 bits per heavy atom. The molecule has 0 bridgehead atoms. The van der Waals surface area contributed by atoms with Crippen molar-refractivity contribution < 1.29 is 13.2 Å². The smallest absolute Gasteiger partial charge is 0.261 e. The predicted octanol–water partition coefficient (Wildman–Crippen LogP) is 4.70. The van der Waals surface area contributed by atoms with Crippen molar-refractivity contribution in [1.82, 2.24) is 4.98 Å². The lowest BCUT2D eigenvalue weighted by Gasteiger charge is -2.09. The minimum Gasteiger partial charge on any atom is -0.497 e. The van der Waals surface area contributed by atoms with Crippen LogP contribution in [-0.2, 0) is 16.4 Å². The summed E-state index contributed by atoms with van der Waals surface area (Å²) in [6.07, 6.45) is 0.713. The van der Waals surface area contributed by atoms with Crippen molar-refractivity contribution in [2.24, 2.45) is 0 Å². The molecule has 0 aliphatic rings. The molecule has 0 fully saturated rings. The van der Waals surface area contributed by atoms with E-state index in [0.717, 1.165) is 16.1 Å². The van der Waals surface area contributed by atoms with Gasteiger partial charge in [0.05, 0.1) is 27.2 Å². The normalized spacial score (nSPS) is 11.5. The van der Waals surface area contributed by atoms with Crippen molar-refractivity contribution in [3.8, 4) is 5.75 Å². The van der Waals surface area contributed by atoms with Crippen LogP contribution in [0.15, 0.2) is 77.7 Å². The van der Waals surface area contributed by atoms with Crippen LogP contribution in [0.5, 0.6) is 5.75 Å². The average Bonchev–Trinajstić information content (AvgIpc) is 3.11. The molecule has 0 atom stereocenters. The van der Waals surface area contributed by atoms with Crippen LogP contribution in [0.3, 0.4) is 0 Å². The first-order chi connectivity index (χ1) is 13.5. The highest BCUT2D eigenvalue weighted by Crippen LogP contribution is 2.24. The van der Waals surface area contributed by atoms with Gasteiger partial charge in [-0.25, -0.2) is 13.4 Å². The summed E-state index contributed by atoms with van der Waals surface area (Å²) >= 11 is 1.67. The van der Waals surface area contributed by atoms with Gasteiger partial charge in [0, 0.05) is 12.1 Å². The lowest BCUT2D eigenvalue weighted by Crippen LogP contribution is -2.12. The highest BCUT2D eigenvalue weighted by molar-refractivity contribution is 7.92. The number of para-hydroxylation sites is 1. The number of rotatable bonds is 6. The van der Waals surface area contributed by atoms with Crippen molar-refractivity contribution in [1.29, 1.82) is 0 Å². The van der Waals surface area contributed by atoms with Gasteiger partial charge in [-0.2, -0.15) is 0 Å². The summed E-state index contributed by atoms with van der Waals surface area (Å²) in [7, 11) is -2.10. The number of thiazole rings is 1. The molecule has 5 nitrogen and oxygen atoms in total. The zero-order valence-electron chi connectivity index (χ0n) is 15.1.